The molecule has 1 aromatic heterocycles. The highest BCUT2D eigenvalue weighted by Crippen LogP contribution is 2.22. The minimum absolute atomic E-state index is 0.0736. The van der Waals surface area contributed by atoms with Crippen molar-refractivity contribution in [2.75, 3.05) is 0 Å². The summed E-state index contributed by atoms with van der Waals surface area (Å²) in [6.45, 7) is 7.63. The zero-order chi connectivity index (χ0) is 19.7. The molecule has 6 heteroatoms. The van der Waals surface area contributed by atoms with Gasteiger partial charge in [-0.2, -0.15) is 0 Å². The number of benzene rings is 2. The second kappa shape index (κ2) is 7.07. The van der Waals surface area contributed by atoms with Gasteiger partial charge < -0.3 is 5.11 Å². The molecule has 0 unspecified atom stereocenters. The quantitative estimate of drug-likeness (QED) is 0.701. The van der Waals surface area contributed by atoms with Gasteiger partial charge in [0.25, 0.3) is 5.56 Å². The van der Waals surface area contributed by atoms with E-state index in [-0.39, 0.29) is 5.56 Å². The van der Waals surface area contributed by atoms with E-state index in [2.05, 4.69) is 9.98 Å². The fourth-order valence-electron chi connectivity index (χ4n) is 2.93. The highest BCUT2D eigenvalue weighted by Gasteiger charge is 2.15. The lowest BCUT2D eigenvalue weighted by Crippen LogP contribution is -2.31. The number of aromatic hydroxyl groups is 1. The van der Waals surface area contributed by atoms with Gasteiger partial charge in [0.1, 0.15) is 5.56 Å². The summed E-state index contributed by atoms with van der Waals surface area (Å²) in [6.07, 6.45) is 1.29. The number of aromatic amines is 1. The van der Waals surface area contributed by atoms with Gasteiger partial charge in [-0.15, -0.1) is 0 Å². The molecular weight excluding hydrogens is 342 g/mol. The Balaban J connectivity index is 2.18. The summed E-state index contributed by atoms with van der Waals surface area (Å²) in [7, 11) is 0. The van der Waals surface area contributed by atoms with Crippen LogP contribution in [0.15, 0.2) is 51.0 Å². The van der Waals surface area contributed by atoms with Crippen LogP contribution in [0.3, 0.4) is 0 Å². The Labute approximate surface area is 156 Å². The summed E-state index contributed by atoms with van der Waals surface area (Å²) in [4.78, 5) is 31.2. The summed E-state index contributed by atoms with van der Waals surface area (Å²) >= 11 is 0. The normalized spacial score (nSPS) is 11.3. The average Bonchev–Trinajstić information content (AvgIpc) is 2.59. The van der Waals surface area contributed by atoms with Crippen molar-refractivity contribution in [2.24, 2.45) is 4.99 Å². The number of hydrogen-bond acceptors (Lipinski definition) is 4. The van der Waals surface area contributed by atoms with E-state index >= 15 is 0 Å². The van der Waals surface area contributed by atoms with Crippen molar-refractivity contribution in [2.45, 2.75) is 27.7 Å². The Hall–Kier alpha value is -3.41. The lowest BCUT2D eigenvalue weighted by atomic mass is 10.1. The van der Waals surface area contributed by atoms with Gasteiger partial charge in [-0.1, -0.05) is 29.8 Å². The molecule has 0 fully saturated rings. The molecular formula is C21H21N3O3. The summed E-state index contributed by atoms with van der Waals surface area (Å²) in [6, 6.07) is 11.3. The molecule has 0 aliphatic heterocycles. The van der Waals surface area contributed by atoms with Gasteiger partial charge in [0.15, 0.2) is 0 Å². The van der Waals surface area contributed by atoms with Gasteiger partial charge >= 0.3 is 5.69 Å². The van der Waals surface area contributed by atoms with E-state index in [9.17, 15) is 14.7 Å². The predicted octanol–water partition coefficient (Wildman–Crippen LogP) is 3.22. The number of H-pyrrole nitrogens is 1. The summed E-state index contributed by atoms with van der Waals surface area (Å²) in [5, 5.41) is 10.7. The third-order valence-corrected chi connectivity index (χ3v) is 4.41. The number of nitrogens with one attached hydrogen (secondary N) is 1. The van der Waals surface area contributed by atoms with Crippen LogP contribution in [0.2, 0.25) is 0 Å². The first kappa shape index (κ1) is 18.4. The molecule has 0 saturated carbocycles. The van der Waals surface area contributed by atoms with Crippen LogP contribution in [0.4, 0.5) is 5.69 Å². The standard InChI is InChI=1S/C21H21N3O3/c1-12-6-8-18(15(4)9-12)24-20(26)16(19(25)23-21(24)27)11-22-17-10-13(2)5-7-14(17)3/h5-11,26H,1-4H3,(H,23,25,27). The number of nitrogens with zero attached hydrogens (tertiary/aromatic N) is 2. The van der Waals surface area contributed by atoms with E-state index in [0.717, 1.165) is 26.8 Å². The topological polar surface area (TPSA) is 87.4 Å². The maximum Gasteiger partial charge on any atom is 0.335 e. The lowest BCUT2D eigenvalue weighted by molar-refractivity contribution is 0.430. The van der Waals surface area contributed by atoms with Gasteiger partial charge in [-0.25, -0.2) is 9.36 Å². The van der Waals surface area contributed by atoms with Crippen molar-refractivity contribution in [1.29, 1.82) is 0 Å². The largest absolute Gasteiger partial charge is 0.493 e. The van der Waals surface area contributed by atoms with E-state index in [1.807, 2.05) is 58.0 Å². The van der Waals surface area contributed by atoms with Crippen molar-refractivity contribution in [3.8, 4) is 11.6 Å². The third-order valence-electron chi connectivity index (χ3n) is 4.41. The second-order valence-corrected chi connectivity index (χ2v) is 6.67. The van der Waals surface area contributed by atoms with E-state index in [4.69, 9.17) is 0 Å². The van der Waals surface area contributed by atoms with Crippen molar-refractivity contribution in [3.05, 3.63) is 85.1 Å². The Morgan fingerprint density at radius 3 is 2.33 bits per heavy atom. The number of aryl methyl sites for hydroxylation is 4. The number of rotatable bonds is 3. The van der Waals surface area contributed by atoms with Crippen LogP contribution in [-0.2, 0) is 0 Å². The van der Waals surface area contributed by atoms with Gasteiger partial charge in [-0.05, 0) is 56.5 Å². The third kappa shape index (κ3) is 3.60. The Morgan fingerprint density at radius 1 is 0.963 bits per heavy atom. The van der Waals surface area contributed by atoms with Crippen LogP contribution >= 0.6 is 0 Å². The minimum Gasteiger partial charge on any atom is -0.493 e. The van der Waals surface area contributed by atoms with Gasteiger partial charge in [0, 0.05) is 6.21 Å². The van der Waals surface area contributed by atoms with Gasteiger partial charge in [-0.3, -0.25) is 14.8 Å². The summed E-state index contributed by atoms with van der Waals surface area (Å²) < 4.78 is 1.08. The van der Waals surface area contributed by atoms with Crippen LogP contribution in [0.1, 0.15) is 27.8 Å². The van der Waals surface area contributed by atoms with Crippen LogP contribution in [0, 0.1) is 27.7 Å². The zero-order valence-electron chi connectivity index (χ0n) is 15.7. The van der Waals surface area contributed by atoms with Crippen molar-refractivity contribution in [1.82, 2.24) is 9.55 Å². The SMILES string of the molecule is Cc1ccc(-n2c(O)c(C=Nc3cc(C)ccc3C)c(=O)[nH]c2=O)c(C)c1. The molecule has 0 bridgehead atoms. The molecule has 0 aliphatic rings. The fourth-order valence-corrected chi connectivity index (χ4v) is 2.93. The molecule has 2 N–H and O–H groups in total. The second-order valence-electron chi connectivity index (χ2n) is 6.67. The van der Waals surface area contributed by atoms with E-state index in [1.165, 1.54) is 6.21 Å². The molecule has 0 aliphatic carbocycles. The minimum atomic E-state index is -0.701. The highest BCUT2D eigenvalue weighted by atomic mass is 16.3. The van der Waals surface area contributed by atoms with Crippen LogP contribution in [0.5, 0.6) is 5.88 Å². The van der Waals surface area contributed by atoms with E-state index in [0.29, 0.717) is 11.4 Å². The number of hydrogen-bond donors (Lipinski definition) is 2. The molecule has 0 amide bonds. The first-order valence-electron chi connectivity index (χ1n) is 8.55. The lowest BCUT2D eigenvalue weighted by Gasteiger charge is -2.12. The van der Waals surface area contributed by atoms with E-state index in [1.54, 1.807) is 6.07 Å². The highest BCUT2D eigenvalue weighted by molar-refractivity contribution is 5.84. The van der Waals surface area contributed by atoms with Crippen molar-refractivity contribution < 1.29 is 5.11 Å². The van der Waals surface area contributed by atoms with Crippen LogP contribution < -0.4 is 11.2 Å². The van der Waals surface area contributed by atoms with Crippen LogP contribution in [-0.4, -0.2) is 20.9 Å². The zero-order valence-corrected chi connectivity index (χ0v) is 15.7. The van der Waals surface area contributed by atoms with Crippen molar-refractivity contribution >= 4 is 11.9 Å². The molecule has 0 radical (unpaired) electrons. The summed E-state index contributed by atoms with van der Waals surface area (Å²) in [5.41, 5.74) is 3.54. The molecule has 0 saturated heterocycles. The Morgan fingerprint density at radius 2 is 1.63 bits per heavy atom. The molecule has 138 valence electrons. The van der Waals surface area contributed by atoms with Crippen molar-refractivity contribution in [3.63, 3.8) is 0 Å². The maximum atomic E-state index is 12.3. The first-order valence-corrected chi connectivity index (χ1v) is 8.55. The molecule has 6 nitrogen and oxygen atoms in total. The molecule has 0 spiro atoms. The predicted molar refractivity (Wildman–Crippen MR) is 107 cm³/mol. The number of aliphatic imine (C=N–C) groups is 1. The molecule has 27 heavy (non-hydrogen) atoms. The smallest absolute Gasteiger partial charge is 0.335 e. The molecule has 3 rings (SSSR count). The van der Waals surface area contributed by atoms with Gasteiger partial charge in [0.2, 0.25) is 5.88 Å². The van der Waals surface area contributed by atoms with Gasteiger partial charge in [0.05, 0.1) is 11.4 Å². The Bertz CT molecular complexity index is 1170. The van der Waals surface area contributed by atoms with Crippen LogP contribution in [0.25, 0.3) is 5.69 Å². The molecule has 1 heterocycles. The summed E-state index contributed by atoms with van der Waals surface area (Å²) in [5.74, 6) is -0.440. The van der Waals surface area contributed by atoms with E-state index < -0.39 is 17.1 Å². The first-order chi connectivity index (χ1) is 12.8. The molecule has 2 aromatic carbocycles. The Kier molecular flexibility index (Phi) is 4.81. The molecule has 3 aromatic rings. The fraction of sp³-hybridized carbons (Fsp3) is 0.190. The molecule has 0 atom stereocenters. The monoisotopic (exact) mass is 363 g/mol. The maximum absolute atomic E-state index is 12.3. The average molecular weight is 363 g/mol. The number of aromatic nitrogens is 2.